The molecule has 0 heterocycles. The molecule has 1 unspecified atom stereocenters. The van der Waals surface area contributed by atoms with Gasteiger partial charge in [-0.15, -0.1) is 0 Å². The quantitative estimate of drug-likeness (QED) is 0.723. The lowest BCUT2D eigenvalue weighted by molar-refractivity contribution is -0.124. The van der Waals surface area contributed by atoms with Crippen LogP contribution < -0.4 is 15.8 Å². The molecule has 1 aromatic carbocycles. The molecule has 1 fully saturated rings. The van der Waals surface area contributed by atoms with Gasteiger partial charge in [0.15, 0.2) is 0 Å². The molecule has 4 nitrogen and oxygen atoms in total. The molecule has 2 rings (SSSR count). The summed E-state index contributed by atoms with van der Waals surface area (Å²) >= 11 is 0. The van der Waals surface area contributed by atoms with Crippen LogP contribution in [0.1, 0.15) is 38.2 Å². The van der Waals surface area contributed by atoms with Crippen LogP contribution in [0.15, 0.2) is 18.2 Å². The third-order valence-corrected chi connectivity index (χ3v) is 3.86. The Morgan fingerprint density at radius 2 is 2.24 bits per heavy atom. The van der Waals surface area contributed by atoms with Crippen LogP contribution in [0.25, 0.3) is 0 Å². The number of hydrogen-bond donors (Lipinski definition) is 2. The molecule has 1 saturated carbocycles. The second kappa shape index (κ2) is 6.43. The zero-order valence-electron chi connectivity index (χ0n) is 12.6. The average Bonchev–Trinajstić information content (AvgIpc) is 3.22. The van der Waals surface area contributed by atoms with Gasteiger partial charge in [0.1, 0.15) is 11.6 Å². The van der Waals surface area contributed by atoms with Crippen molar-refractivity contribution >= 4 is 5.91 Å². The van der Waals surface area contributed by atoms with Crippen LogP contribution in [0.4, 0.5) is 4.39 Å². The number of nitrogens with two attached hydrogens (primary N) is 1. The minimum Gasteiger partial charge on any atom is -0.494 e. The maximum absolute atomic E-state index is 13.1. The Kier molecular flexibility index (Phi) is 4.83. The van der Waals surface area contributed by atoms with Gasteiger partial charge < -0.3 is 15.8 Å². The van der Waals surface area contributed by atoms with E-state index in [0.717, 1.165) is 12.8 Å². The van der Waals surface area contributed by atoms with E-state index >= 15 is 0 Å². The van der Waals surface area contributed by atoms with E-state index in [9.17, 15) is 9.18 Å². The first kappa shape index (κ1) is 15.8. The van der Waals surface area contributed by atoms with E-state index in [1.165, 1.54) is 6.07 Å². The first-order chi connectivity index (χ1) is 9.90. The number of benzene rings is 1. The van der Waals surface area contributed by atoms with Crippen molar-refractivity contribution < 1.29 is 13.9 Å². The van der Waals surface area contributed by atoms with E-state index in [2.05, 4.69) is 5.32 Å². The highest BCUT2D eigenvalue weighted by molar-refractivity contribution is 5.84. The van der Waals surface area contributed by atoms with E-state index in [-0.39, 0.29) is 11.7 Å². The third kappa shape index (κ3) is 4.43. The number of halogens is 1. The minimum absolute atomic E-state index is 0.239. The molecule has 1 atom stereocenters. The van der Waals surface area contributed by atoms with Crippen molar-refractivity contribution in [2.75, 3.05) is 6.61 Å². The largest absolute Gasteiger partial charge is 0.494 e. The van der Waals surface area contributed by atoms with Crippen molar-refractivity contribution in [1.82, 2.24) is 5.32 Å². The number of amides is 1. The van der Waals surface area contributed by atoms with Crippen molar-refractivity contribution in [3.05, 3.63) is 29.6 Å². The Bertz CT molecular complexity index is 517. The fourth-order valence-corrected chi connectivity index (χ4v) is 2.27. The summed E-state index contributed by atoms with van der Waals surface area (Å²) in [5.74, 6) is 0.0779. The van der Waals surface area contributed by atoms with Gasteiger partial charge in [0.05, 0.1) is 12.1 Å². The van der Waals surface area contributed by atoms with E-state index in [4.69, 9.17) is 10.5 Å². The summed E-state index contributed by atoms with van der Waals surface area (Å²) in [6.45, 7) is 4.02. The Labute approximate surface area is 124 Å². The fraction of sp³-hybridized carbons (Fsp3) is 0.562. The number of primary amides is 1. The fourth-order valence-electron chi connectivity index (χ4n) is 2.27. The molecule has 116 valence electrons. The molecule has 0 radical (unpaired) electrons. The predicted molar refractivity (Wildman–Crippen MR) is 79.6 cm³/mol. The standard InChI is InChI=1S/C16H23FN2O2/c1-11-10-13(6-7-14(11)17)21-9-3-8-16(2,15(18)20)19-12-4-5-12/h6-7,10,12,19H,3-5,8-9H2,1-2H3,(H2,18,20). The van der Waals surface area contributed by atoms with Crippen LogP contribution >= 0.6 is 0 Å². The Hall–Kier alpha value is -1.62. The van der Waals surface area contributed by atoms with Gasteiger partial charge >= 0.3 is 0 Å². The molecule has 0 saturated heterocycles. The van der Waals surface area contributed by atoms with E-state index < -0.39 is 5.54 Å². The van der Waals surface area contributed by atoms with Crippen molar-refractivity contribution in [2.45, 2.75) is 51.1 Å². The zero-order chi connectivity index (χ0) is 15.5. The maximum atomic E-state index is 13.1. The van der Waals surface area contributed by atoms with Gasteiger partial charge in [-0.05, 0) is 63.3 Å². The first-order valence-electron chi connectivity index (χ1n) is 7.37. The topological polar surface area (TPSA) is 64.3 Å². The normalized spacial score (nSPS) is 17.3. The first-order valence-corrected chi connectivity index (χ1v) is 7.37. The highest BCUT2D eigenvalue weighted by atomic mass is 19.1. The number of aryl methyl sites for hydroxylation is 1. The molecule has 1 aliphatic rings. The molecule has 5 heteroatoms. The van der Waals surface area contributed by atoms with Crippen LogP contribution in [0.2, 0.25) is 0 Å². The van der Waals surface area contributed by atoms with E-state index in [1.54, 1.807) is 19.1 Å². The van der Waals surface area contributed by atoms with Gasteiger partial charge in [-0.3, -0.25) is 4.79 Å². The molecule has 0 aliphatic heterocycles. The Balaban J connectivity index is 1.79. The van der Waals surface area contributed by atoms with E-state index in [0.29, 0.717) is 36.8 Å². The van der Waals surface area contributed by atoms with Gasteiger partial charge in [-0.1, -0.05) is 0 Å². The summed E-state index contributed by atoms with van der Waals surface area (Å²) < 4.78 is 18.7. The van der Waals surface area contributed by atoms with Gasteiger partial charge in [0, 0.05) is 6.04 Å². The SMILES string of the molecule is Cc1cc(OCCCC(C)(NC2CC2)C(N)=O)ccc1F. The lowest BCUT2D eigenvalue weighted by atomic mass is 9.95. The molecular formula is C16H23FN2O2. The third-order valence-electron chi connectivity index (χ3n) is 3.86. The Morgan fingerprint density at radius 3 is 2.81 bits per heavy atom. The summed E-state index contributed by atoms with van der Waals surface area (Å²) in [6, 6.07) is 5.10. The number of carbonyl (C=O) groups excluding carboxylic acids is 1. The molecule has 1 aliphatic carbocycles. The van der Waals surface area contributed by atoms with Crippen molar-refractivity contribution in [3.8, 4) is 5.75 Å². The molecule has 3 N–H and O–H groups in total. The van der Waals surface area contributed by atoms with Crippen molar-refractivity contribution in [3.63, 3.8) is 0 Å². The van der Waals surface area contributed by atoms with E-state index in [1.807, 2.05) is 6.92 Å². The molecule has 21 heavy (non-hydrogen) atoms. The summed E-state index contributed by atoms with van der Waals surface area (Å²) in [4.78, 5) is 11.6. The minimum atomic E-state index is -0.677. The second-order valence-corrected chi connectivity index (χ2v) is 5.98. The summed E-state index contributed by atoms with van der Waals surface area (Å²) in [7, 11) is 0. The average molecular weight is 294 g/mol. The summed E-state index contributed by atoms with van der Waals surface area (Å²) in [5.41, 5.74) is 5.38. The monoisotopic (exact) mass is 294 g/mol. The van der Waals surface area contributed by atoms with Crippen molar-refractivity contribution in [1.29, 1.82) is 0 Å². The lowest BCUT2D eigenvalue weighted by Crippen LogP contribution is -2.54. The lowest BCUT2D eigenvalue weighted by Gasteiger charge is -2.27. The number of carbonyl (C=O) groups is 1. The molecule has 1 amide bonds. The summed E-state index contributed by atoms with van der Waals surface area (Å²) in [5, 5.41) is 3.30. The van der Waals surface area contributed by atoms with Crippen LogP contribution in [0.5, 0.6) is 5.75 Å². The van der Waals surface area contributed by atoms with Gasteiger partial charge in [-0.25, -0.2) is 4.39 Å². The van der Waals surface area contributed by atoms with Crippen LogP contribution in [0, 0.1) is 12.7 Å². The summed E-state index contributed by atoms with van der Waals surface area (Å²) in [6.07, 6.45) is 3.54. The molecule has 0 bridgehead atoms. The predicted octanol–water partition coefficient (Wildman–Crippen LogP) is 2.29. The van der Waals surface area contributed by atoms with Gasteiger partial charge in [0.25, 0.3) is 0 Å². The molecular weight excluding hydrogens is 271 g/mol. The maximum Gasteiger partial charge on any atom is 0.237 e. The second-order valence-electron chi connectivity index (χ2n) is 5.98. The highest BCUT2D eigenvalue weighted by Crippen LogP contribution is 2.25. The Morgan fingerprint density at radius 1 is 1.52 bits per heavy atom. The van der Waals surface area contributed by atoms with Gasteiger partial charge in [0.2, 0.25) is 5.91 Å². The number of hydrogen-bond acceptors (Lipinski definition) is 3. The number of rotatable bonds is 8. The van der Waals surface area contributed by atoms with Crippen LogP contribution in [-0.2, 0) is 4.79 Å². The number of nitrogens with one attached hydrogen (secondary N) is 1. The highest BCUT2D eigenvalue weighted by Gasteiger charge is 2.36. The number of ether oxygens (including phenoxy) is 1. The zero-order valence-corrected chi connectivity index (χ0v) is 12.6. The smallest absolute Gasteiger partial charge is 0.237 e. The molecule has 1 aromatic rings. The van der Waals surface area contributed by atoms with Gasteiger partial charge in [-0.2, -0.15) is 0 Å². The van der Waals surface area contributed by atoms with Crippen LogP contribution in [0.3, 0.4) is 0 Å². The molecule has 0 spiro atoms. The molecule has 0 aromatic heterocycles. The van der Waals surface area contributed by atoms with Crippen LogP contribution in [-0.4, -0.2) is 24.1 Å². The van der Waals surface area contributed by atoms with Crippen molar-refractivity contribution in [2.24, 2.45) is 5.73 Å².